The first-order valence-electron chi connectivity index (χ1n) is 10.0. The number of amidine groups is 2. The number of nitrogens with one attached hydrogen (secondary N) is 3. The Morgan fingerprint density at radius 3 is 2.68 bits per heavy atom. The maximum absolute atomic E-state index is 14.5. The summed E-state index contributed by atoms with van der Waals surface area (Å²) in [5.74, 6) is 1.39. The summed E-state index contributed by atoms with van der Waals surface area (Å²) in [5.41, 5.74) is 2.58. The first kappa shape index (κ1) is 27.0. The van der Waals surface area contributed by atoms with Gasteiger partial charge in [0.25, 0.3) is 0 Å². The molecule has 2 heterocycles. The molecule has 0 fully saturated rings. The van der Waals surface area contributed by atoms with Gasteiger partial charge in [0.1, 0.15) is 17.5 Å². The Balaban J connectivity index is 0.000000379. The molecule has 0 bridgehead atoms. The molecular weight excluding hydrogens is 477 g/mol. The van der Waals surface area contributed by atoms with Crippen LogP contribution in [0, 0.1) is 5.82 Å². The summed E-state index contributed by atoms with van der Waals surface area (Å²) in [4.78, 5) is 16.3. The van der Waals surface area contributed by atoms with Crippen molar-refractivity contribution < 1.29 is 9.13 Å². The fraction of sp³-hybridized carbons (Fsp3) is 0.217. The van der Waals surface area contributed by atoms with E-state index in [2.05, 4.69) is 42.0 Å². The van der Waals surface area contributed by atoms with Crippen LogP contribution < -0.4 is 20.1 Å². The van der Waals surface area contributed by atoms with Crippen molar-refractivity contribution in [2.24, 2.45) is 15.0 Å². The third-order valence-corrected chi connectivity index (χ3v) is 4.96. The standard InChI is InChI=1S/C17H21FN6S.C6H6ClNO/c1-19-9-11-7-14(17(21-3)23-16(11)22-10-20-2)13-8-12(24-25-4)5-6-15(13)18;1-9-6-3-2-5(7)4-8-6/h5-9,20,24H,1,10H2,2-4H3,(H,21,22,23);2-4H,1H3/b11-9-;. The van der Waals surface area contributed by atoms with Gasteiger partial charge in [-0.1, -0.05) is 23.5 Å². The van der Waals surface area contributed by atoms with Crippen molar-refractivity contribution in [2.75, 3.05) is 38.9 Å². The van der Waals surface area contributed by atoms with E-state index in [9.17, 15) is 4.39 Å². The molecule has 3 N–H and O–H groups in total. The minimum atomic E-state index is -0.331. The molecule has 2 aromatic rings. The molecule has 1 aliphatic rings. The number of pyridine rings is 1. The summed E-state index contributed by atoms with van der Waals surface area (Å²) in [6, 6.07) is 8.31. The van der Waals surface area contributed by atoms with Gasteiger partial charge in [-0.25, -0.2) is 9.37 Å². The third-order valence-electron chi connectivity index (χ3n) is 4.30. The topological polar surface area (TPSA) is 95.3 Å². The Kier molecular flexibility index (Phi) is 11.2. The van der Waals surface area contributed by atoms with Crippen LogP contribution in [0.1, 0.15) is 5.56 Å². The van der Waals surface area contributed by atoms with E-state index in [0.29, 0.717) is 46.0 Å². The molecule has 0 atom stereocenters. The highest BCUT2D eigenvalue weighted by Crippen LogP contribution is 2.27. The smallest absolute Gasteiger partial charge is 0.212 e. The molecule has 180 valence electrons. The molecule has 0 saturated carbocycles. The number of nitrogens with zero attached hydrogens (tertiary/aromatic N) is 4. The number of aliphatic imine (C=N–C) groups is 3. The van der Waals surface area contributed by atoms with Crippen molar-refractivity contribution in [3.8, 4) is 5.88 Å². The summed E-state index contributed by atoms with van der Waals surface area (Å²) in [6.45, 7) is 3.92. The van der Waals surface area contributed by atoms with Gasteiger partial charge < -0.3 is 20.1 Å². The Labute approximate surface area is 208 Å². The molecule has 0 saturated heterocycles. The molecule has 11 heteroatoms. The minimum absolute atomic E-state index is 0.331. The predicted molar refractivity (Wildman–Crippen MR) is 143 cm³/mol. The molecular formula is C23H27ClFN7OS. The Bertz CT molecular complexity index is 1100. The van der Waals surface area contributed by atoms with E-state index < -0.39 is 0 Å². The summed E-state index contributed by atoms with van der Waals surface area (Å²) in [5, 5.41) is 6.72. The van der Waals surface area contributed by atoms with Gasteiger partial charge >= 0.3 is 0 Å². The van der Waals surface area contributed by atoms with E-state index in [1.807, 2.05) is 12.3 Å². The lowest BCUT2D eigenvalue weighted by Gasteiger charge is -2.22. The van der Waals surface area contributed by atoms with Crippen LogP contribution in [0.25, 0.3) is 5.57 Å². The minimum Gasteiger partial charge on any atom is -0.481 e. The zero-order valence-corrected chi connectivity index (χ0v) is 21.0. The predicted octanol–water partition coefficient (Wildman–Crippen LogP) is 4.43. The van der Waals surface area contributed by atoms with Gasteiger partial charge in [-0.2, -0.15) is 0 Å². The first-order valence-corrected chi connectivity index (χ1v) is 11.6. The highest BCUT2D eigenvalue weighted by molar-refractivity contribution is 7.99. The van der Waals surface area contributed by atoms with E-state index in [1.54, 1.807) is 57.9 Å². The average molecular weight is 504 g/mol. The SMILES string of the molecule is C=N/C=C1/C=C(c2cc(NSC)ccc2F)C(=NC)N/C1=N/CNC.COc1ccc(Cl)cn1. The molecule has 34 heavy (non-hydrogen) atoms. The molecule has 0 amide bonds. The number of hydrogen-bond acceptors (Lipinski definition) is 8. The first-order chi connectivity index (χ1) is 16.5. The van der Waals surface area contributed by atoms with Crippen molar-refractivity contribution >= 4 is 53.2 Å². The monoisotopic (exact) mass is 503 g/mol. The lowest BCUT2D eigenvalue weighted by molar-refractivity contribution is 0.398. The van der Waals surface area contributed by atoms with Crippen LogP contribution in [0.3, 0.4) is 0 Å². The van der Waals surface area contributed by atoms with Gasteiger partial charge in [0, 0.05) is 54.2 Å². The number of aromatic nitrogens is 1. The van der Waals surface area contributed by atoms with Gasteiger partial charge in [-0.3, -0.25) is 15.0 Å². The molecule has 8 nitrogen and oxygen atoms in total. The van der Waals surface area contributed by atoms with E-state index in [0.717, 1.165) is 5.69 Å². The molecule has 1 aromatic heterocycles. The number of anilines is 1. The van der Waals surface area contributed by atoms with Crippen LogP contribution in [0.15, 0.2) is 69.4 Å². The molecule has 3 rings (SSSR count). The molecule has 1 aliphatic heterocycles. The van der Waals surface area contributed by atoms with Gasteiger partial charge in [0.2, 0.25) is 5.88 Å². The number of methoxy groups -OCH3 is 1. The second-order valence-corrected chi connectivity index (χ2v) is 7.61. The van der Waals surface area contributed by atoms with Crippen LogP contribution in [-0.4, -0.2) is 57.5 Å². The fourth-order valence-corrected chi connectivity index (χ4v) is 3.28. The highest BCUT2D eigenvalue weighted by atomic mass is 35.5. The van der Waals surface area contributed by atoms with Crippen molar-refractivity contribution in [2.45, 2.75) is 0 Å². The lowest BCUT2D eigenvalue weighted by Crippen LogP contribution is -2.37. The molecule has 0 aliphatic carbocycles. The second kappa shape index (κ2) is 14.1. The highest BCUT2D eigenvalue weighted by Gasteiger charge is 2.22. The van der Waals surface area contributed by atoms with Crippen molar-refractivity contribution in [1.29, 1.82) is 0 Å². The number of ether oxygens (including phenoxy) is 1. The molecule has 0 spiro atoms. The largest absolute Gasteiger partial charge is 0.481 e. The van der Waals surface area contributed by atoms with E-state index in [-0.39, 0.29) is 5.82 Å². The molecule has 0 radical (unpaired) electrons. The third kappa shape index (κ3) is 7.68. The summed E-state index contributed by atoms with van der Waals surface area (Å²) < 4.78 is 22.4. The van der Waals surface area contributed by atoms with Crippen LogP contribution in [0.4, 0.5) is 10.1 Å². The molecule has 0 unspecified atom stereocenters. The Morgan fingerprint density at radius 2 is 2.09 bits per heavy atom. The van der Waals surface area contributed by atoms with Gasteiger partial charge in [-0.15, -0.1) is 0 Å². The van der Waals surface area contributed by atoms with Crippen LogP contribution in [-0.2, 0) is 0 Å². The number of halogens is 2. The summed E-state index contributed by atoms with van der Waals surface area (Å²) in [7, 11) is 5.02. The Hall–Kier alpha value is -3.21. The number of benzene rings is 1. The summed E-state index contributed by atoms with van der Waals surface area (Å²) in [6.07, 6.45) is 6.84. The van der Waals surface area contributed by atoms with Crippen LogP contribution in [0.5, 0.6) is 5.88 Å². The van der Waals surface area contributed by atoms with Gasteiger partial charge in [0.15, 0.2) is 0 Å². The van der Waals surface area contributed by atoms with E-state index >= 15 is 0 Å². The number of rotatable bonds is 7. The average Bonchev–Trinajstić information content (AvgIpc) is 2.85. The molecule has 1 aromatic carbocycles. The van der Waals surface area contributed by atoms with Crippen LogP contribution >= 0.6 is 23.5 Å². The van der Waals surface area contributed by atoms with Crippen molar-refractivity contribution in [3.63, 3.8) is 0 Å². The maximum atomic E-state index is 14.5. The zero-order valence-electron chi connectivity index (χ0n) is 19.4. The lowest BCUT2D eigenvalue weighted by atomic mass is 9.97. The van der Waals surface area contributed by atoms with Gasteiger partial charge in [0.05, 0.1) is 18.8 Å². The van der Waals surface area contributed by atoms with E-state index in [1.165, 1.54) is 18.0 Å². The summed E-state index contributed by atoms with van der Waals surface area (Å²) >= 11 is 6.99. The van der Waals surface area contributed by atoms with Crippen molar-refractivity contribution in [3.05, 3.63) is 70.8 Å². The fourth-order valence-electron chi connectivity index (χ4n) is 2.81. The van der Waals surface area contributed by atoms with Crippen LogP contribution in [0.2, 0.25) is 5.02 Å². The maximum Gasteiger partial charge on any atom is 0.212 e. The Morgan fingerprint density at radius 1 is 1.29 bits per heavy atom. The number of hydrogen-bond donors (Lipinski definition) is 3. The van der Waals surface area contributed by atoms with Gasteiger partial charge in [-0.05, 0) is 44.1 Å². The normalized spacial score (nSPS) is 16.4. The van der Waals surface area contributed by atoms with Crippen molar-refractivity contribution in [1.82, 2.24) is 15.6 Å². The van der Waals surface area contributed by atoms with E-state index in [4.69, 9.17) is 16.3 Å². The zero-order chi connectivity index (χ0) is 24.9. The second-order valence-electron chi connectivity index (χ2n) is 6.56. The quantitative estimate of drug-likeness (QED) is 0.382.